The van der Waals surface area contributed by atoms with Crippen molar-refractivity contribution in [1.82, 2.24) is 5.32 Å². The summed E-state index contributed by atoms with van der Waals surface area (Å²) in [7, 11) is 0. The quantitative estimate of drug-likeness (QED) is 0.737. The molecule has 1 heterocycles. The zero-order valence-electron chi connectivity index (χ0n) is 12.7. The lowest BCUT2D eigenvalue weighted by Gasteiger charge is -2.19. The van der Waals surface area contributed by atoms with E-state index < -0.39 is 0 Å². The summed E-state index contributed by atoms with van der Waals surface area (Å²) in [6.07, 6.45) is 3.61. The second-order valence-electron chi connectivity index (χ2n) is 5.46. The average Bonchev–Trinajstić information content (AvgIpc) is 2.94. The van der Waals surface area contributed by atoms with Crippen LogP contribution in [0.4, 0.5) is 0 Å². The molecule has 1 aromatic rings. The third kappa shape index (κ3) is 4.22. The van der Waals surface area contributed by atoms with Crippen LogP contribution in [0.25, 0.3) is 0 Å². The summed E-state index contributed by atoms with van der Waals surface area (Å²) in [6, 6.07) is 8.41. The molecule has 0 aromatic heterocycles. The minimum atomic E-state index is 0.236. The molecule has 1 aliphatic heterocycles. The van der Waals surface area contributed by atoms with Crippen molar-refractivity contribution in [2.24, 2.45) is 5.92 Å². The zero-order chi connectivity index (χ0) is 14.2. The second-order valence-corrected chi connectivity index (χ2v) is 5.46. The van der Waals surface area contributed by atoms with Gasteiger partial charge in [0.1, 0.15) is 5.75 Å². The molecule has 112 valence electrons. The fourth-order valence-electron chi connectivity index (χ4n) is 2.65. The maximum atomic E-state index is 5.92. The van der Waals surface area contributed by atoms with Gasteiger partial charge in [0.05, 0.1) is 12.7 Å². The first kappa shape index (κ1) is 15.3. The minimum absolute atomic E-state index is 0.236. The lowest BCUT2D eigenvalue weighted by molar-refractivity contribution is 0.0905. The number of ether oxygens (including phenoxy) is 2. The van der Waals surface area contributed by atoms with Gasteiger partial charge in [-0.15, -0.1) is 0 Å². The third-order valence-corrected chi connectivity index (χ3v) is 3.73. The van der Waals surface area contributed by atoms with Crippen molar-refractivity contribution in [2.75, 3.05) is 26.3 Å². The average molecular weight is 277 g/mol. The van der Waals surface area contributed by atoms with Crippen LogP contribution in [0.3, 0.4) is 0 Å². The van der Waals surface area contributed by atoms with Gasteiger partial charge in [0.15, 0.2) is 0 Å². The molecular weight excluding hydrogens is 250 g/mol. The van der Waals surface area contributed by atoms with Gasteiger partial charge in [-0.1, -0.05) is 26.0 Å². The highest BCUT2D eigenvalue weighted by molar-refractivity contribution is 5.29. The fraction of sp³-hybridized carbons (Fsp3) is 0.647. The topological polar surface area (TPSA) is 30.5 Å². The van der Waals surface area contributed by atoms with E-state index in [0.717, 1.165) is 44.9 Å². The molecular formula is C17H27NO2. The largest absolute Gasteiger partial charge is 0.494 e. The summed E-state index contributed by atoms with van der Waals surface area (Å²) < 4.78 is 11.5. The Morgan fingerprint density at radius 1 is 1.20 bits per heavy atom. The molecule has 2 rings (SSSR count). The highest BCUT2D eigenvalue weighted by Crippen LogP contribution is 2.34. The molecule has 0 spiro atoms. The van der Waals surface area contributed by atoms with E-state index in [0.29, 0.717) is 5.92 Å². The highest BCUT2D eigenvalue weighted by atomic mass is 16.5. The minimum Gasteiger partial charge on any atom is -0.494 e. The van der Waals surface area contributed by atoms with Crippen LogP contribution in [0.5, 0.6) is 5.75 Å². The van der Waals surface area contributed by atoms with Crippen molar-refractivity contribution in [2.45, 2.75) is 39.2 Å². The molecule has 2 unspecified atom stereocenters. The Morgan fingerprint density at radius 2 is 2.00 bits per heavy atom. The number of benzene rings is 1. The van der Waals surface area contributed by atoms with E-state index in [1.165, 1.54) is 12.0 Å². The lowest BCUT2D eigenvalue weighted by atomic mass is 9.95. The Hall–Kier alpha value is -1.06. The van der Waals surface area contributed by atoms with E-state index in [1.54, 1.807) is 0 Å². The van der Waals surface area contributed by atoms with Gasteiger partial charge in [-0.25, -0.2) is 0 Å². The Balaban J connectivity index is 1.91. The van der Waals surface area contributed by atoms with Gasteiger partial charge in [0.25, 0.3) is 0 Å². The van der Waals surface area contributed by atoms with Gasteiger partial charge in [-0.3, -0.25) is 0 Å². The van der Waals surface area contributed by atoms with E-state index in [-0.39, 0.29) is 6.10 Å². The van der Waals surface area contributed by atoms with Crippen LogP contribution < -0.4 is 10.1 Å². The van der Waals surface area contributed by atoms with E-state index in [9.17, 15) is 0 Å². The number of hydrogen-bond donors (Lipinski definition) is 1. The summed E-state index contributed by atoms with van der Waals surface area (Å²) >= 11 is 0. The second kappa shape index (κ2) is 8.28. The van der Waals surface area contributed by atoms with Crippen LogP contribution >= 0.6 is 0 Å². The fourth-order valence-corrected chi connectivity index (χ4v) is 2.65. The van der Waals surface area contributed by atoms with Gasteiger partial charge < -0.3 is 14.8 Å². The Kier molecular flexibility index (Phi) is 6.34. The molecule has 0 aliphatic carbocycles. The first-order valence-electron chi connectivity index (χ1n) is 7.90. The summed E-state index contributed by atoms with van der Waals surface area (Å²) in [6.45, 7) is 8.11. The molecule has 1 fully saturated rings. The SMILES string of the molecule is CCCNCC1CCOC1c1ccc(OCCC)cc1. The molecule has 20 heavy (non-hydrogen) atoms. The molecule has 0 bridgehead atoms. The summed E-state index contributed by atoms with van der Waals surface area (Å²) in [4.78, 5) is 0. The van der Waals surface area contributed by atoms with Crippen LogP contribution in [0.15, 0.2) is 24.3 Å². The van der Waals surface area contributed by atoms with Crippen LogP contribution in [-0.2, 0) is 4.74 Å². The molecule has 1 aliphatic rings. The first-order chi connectivity index (χ1) is 9.85. The van der Waals surface area contributed by atoms with Gasteiger partial charge in [-0.05, 0) is 43.5 Å². The molecule has 1 saturated heterocycles. The van der Waals surface area contributed by atoms with E-state index >= 15 is 0 Å². The number of hydrogen-bond acceptors (Lipinski definition) is 3. The van der Waals surface area contributed by atoms with Gasteiger partial charge in [-0.2, -0.15) is 0 Å². The zero-order valence-corrected chi connectivity index (χ0v) is 12.7. The maximum Gasteiger partial charge on any atom is 0.119 e. The van der Waals surface area contributed by atoms with E-state index in [2.05, 4.69) is 43.4 Å². The highest BCUT2D eigenvalue weighted by Gasteiger charge is 2.29. The molecule has 1 N–H and O–H groups in total. The van der Waals surface area contributed by atoms with Crippen molar-refractivity contribution in [3.63, 3.8) is 0 Å². The van der Waals surface area contributed by atoms with Crippen LogP contribution in [0, 0.1) is 5.92 Å². The van der Waals surface area contributed by atoms with Crippen molar-refractivity contribution >= 4 is 0 Å². The van der Waals surface area contributed by atoms with Crippen molar-refractivity contribution in [3.8, 4) is 5.75 Å². The molecule has 3 nitrogen and oxygen atoms in total. The number of nitrogens with one attached hydrogen (secondary N) is 1. The van der Waals surface area contributed by atoms with Gasteiger partial charge >= 0.3 is 0 Å². The Morgan fingerprint density at radius 3 is 2.70 bits per heavy atom. The van der Waals surface area contributed by atoms with Crippen molar-refractivity contribution in [1.29, 1.82) is 0 Å². The van der Waals surface area contributed by atoms with E-state index in [1.807, 2.05) is 0 Å². The normalized spacial score (nSPS) is 22.1. The smallest absolute Gasteiger partial charge is 0.119 e. The molecule has 0 saturated carbocycles. The molecule has 1 aromatic carbocycles. The van der Waals surface area contributed by atoms with Gasteiger partial charge in [0, 0.05) is 19.1 Å². The van der Waals surface area contributed by atoms with Crippen LogP contribution in [0.1, 0.15) is 44.8 Å². The van der Waals surface area contributed by atoms with Gasteiger partial charge in [0.2, 0.25) is 0 Å². The Bertz CT molecular complexity index is 377. The predicted molar refractivity (Wildman–Crippen MR) is 82.2 cm³/mol. The lowest BCUT2D eigenvalue weighted by Crippen LogP contribution is -2.25. The summed E-state index contributed by atoms with van der Waals surface area (Å²) in [5.41, 5.74) is 1.27. The van der Waals surface area contributed by atoms with Crippen LogP contribution in [-0.4, -0.2) is 26.3 Å². The first-order valence-corrected chi connectivity index (χ1v) is 7.90. The van der Waals surface area contributed by atoms with Crippen molar-refractivity contribution < 1.29 is 9.47 Å². The predicted octanol–water partition coefficient (Wildman–Crippen LogP) is 3.55. The molecule has 0 amide bonds. The summed E-state index contributed by atoms with van der Waals surface area (Å²) in [5.74, 6) is 1.54. The standard InChI is InChI=1S/C17H27NO2/c1-3-10-18-13-15-9-12-20-17(15)14-5-7-16(8-6-14)19-11-4-2/h5-8,15,17-18H,3-4,9-13H2,1-2H3. The monoisotopic (exact) mass is 277 g/mol. The third-order valence-electron chi connectivity index (χ3n) is 3.73. The maximum absolute atomic E-state index is 5.92. The number of rotatable bonds is 8. The molecule has 0 radical (unpaired) electrons. The van der Waals surface area contributed by atoms with Crippen molar-refractivity contribution in [3.05, 3.63) is 29.8 Å². The summed E-state index contributed by atoms with van der Waals surface area (Å²) in [5, 5.41) is 3.51. The molecule has 2 atom stereocenters. The van der Waals surface area contributed by atoms with Crippen LogP contribution in [0.2, 0.25) is 0 Å². The van der Waals surface area contributed by atoms with E-state index in [4.69, 9.17) is 9.47 Å². The Labute approximate surface area is 122 Å². The molecule has 3 heteroatoms.